The summed E-state index contributed by atoms with van der Waals surface area (Å²) in [4.78, 5) is 25.0. The second-order valence-corrected chi connectivity index (χ2v) is 10.9. The second kappa shape index (κ2) is 5.32. The van der Waals surface area contributed by atoms with E-state index in [0.29, 0.717) is 23.4 Å². The SMILES string of the molecule is CC1CC2=CC(=O)CC[C@@]2(C)[C@H]2CC[C@]3(C)C(CC[C@]34CCCC4=O)C12. The molecule has 7 atom stereocenters. The van der Waals surface area contributed by atoms with E-state index in [1.54, 1.807) is 0 Å². The molecule has 0 aliphatic heterocycles. The first-order valence-corrected chi connectivity index (χ1v) is 11.1. The molecule has 2 heteroatoms. The number of carbonyl (C=O) groups is 2. The molecular weight excluding hydrogens is 320 g/mol. The van der Waals surface area contributed by atoms with Crippen molar-refractivity contribution in [2.75, 3.05) is 0 Å². The monoisotopic (exact) mass is 354 g/mol. The maximum absolute atomic E-state index is 13.0. The van der Waals surface area contributed by atoms with Crippen molar-refractivity contribution in [1.82, 2.24) is 0 Å². The van der Waals surface area contributed by atoms with Crippen molar-refractivity contribution in [3.8, 4) is 0 Å². The van der Waals surface area contributed by atoms with Crippen LogP contribution in [0, 0.1) is 39.9 Å². The zero-order chi connectivity index (χ0) is 18.3. The van der Waals surface area contributed by atoms with Crippen LogP contribution in [0.4, 0.5) is 0 Å². The number of hydrogen-bond acceptors (Lipinski definition) is 2. The van der Waals surface area contributed by atoms with Gasteiger partial charge in [0.1, 0.15) is 5.78 Å². The van der Waals surface area contributed by atoms with Crippen LogP contribution in [0.5, 0.6) is 0 Å². The zero-order valence-corrected chi connectivity index (χ0v) is 16.8. The van der Waals surface area contributed by atoms with Gasteiger partial charge < -0.3 is 0 Å². The van der Waals surface area contributed by atoms with Crippen molar-refractivity contribution >= 4 is 11.6 Å². The number of rotatable bonds is 0. The fourth-order valence-electron chi connectivity index (χ4n) is 8.84. The van der Waals surface area contributed by atoms with Crippen LogP contribution >= 0.6 is 0 Å². The van der Waals surface area contributed by atoms with Crippen molar-refractivity contribution in [1.29, 1.82) is 0 Å². The van der Waals surface area contributed by atoms with Gasteiger partial charge in [-0.15, -0.1) is 0 Å². The van der Waals surface area contributed by atoms with Gasteiger partial charge in [-0.1, -0.05) is 26.3 Å². The first kappa shape index (κ1) is 17.2. The Balaban J connectivity index is 1.55. The molecule has 3 unspecified atom stereocenters. The van der Waals surface area contributed by atoms with E-state index in [1.807, 2.05) is 6.08 Å². The molecule has 0 saturated heterocycles. The lowest BCUT2D eigenvalue weighted by Crippen LogP contribution is -2.55. The minimum absolute atomic E-state index is 0.0158. The Bertz CT molecular complexity index is 705. The van der Waals surface area contributed by atoms with E-state index >= 15 is 0 Å². The lowest BCUT2D eigenvalue weighted by atomic mass is 9.43. The molecule has 4 fully saturated rings. The Hall–Kier alpha value is -0.920. The van der Waals surface area contributed by atoms with Crippen molar-refractivity contribution in [2.45, 2.75) is 85.0 Å². The van der Waals surface area contributed by atoms with Crippen molar-refractivity contribution in [3.05, 3.63) is 11.6 Å². The topological polar surface area (TPSA) is 34.1 Å². The Morgan fingerprint density at radius 1 is 0.962 bits per heavy atom. The third-order valence-corrected chi connectivity index (χ3v) is 10.2. The number of Topliss-reactive ketones (excluding diaryl/α,β-unsaturated/α-hetero) is 1. The van der Waals surface area contributed by atoms with Crippen molar-refractivity contribution < 1.29 is 9.59 Å². The summed E-state index contributed by atoms with van der Waals surface area (Å²) in [5.41, 5.74) is 1.94. The van der Waals surface area contributed by atoms with Crippen LogP contribution < -0.4 is 0 Å². The number of ketones is 2. The molecule has 0 heterocycles. The first-order valence-electron chi connectivity index (χ1n) is 11.1. The summed E-state index contributed by atoms with van der Waals surface area (Å²) in [5, 5.41) is 0. The smallest absolute Gasteiger partial charge is 0.155 e. The van der Waals surface area contributed by atoms with Crippen LogP contribution in [0.15, 0.2) is 11.6 Å². The molecule has 0 radical (unpaired) electrons. The van der Waals surface area contributed by atoms with E-state index in [2.05, 4.69) is 20.8 Å². The predicted molar refractivity (Wildman–Crippen MR) is 103 cm³/mol. The standard InChI is InChI=1S/C24H34O2/c1-15-13-16-14-17(25)6-10-22(16,2)18-7-11-23(3)19(21(15)18)8-12-24(23)9-4-5-20(24)26/h14-15,18-19,21H,4-13H2,1-3H3/t15?,18-,19?,21?,22+,23+,24-/m0/s1. The molecule has 0 N–H and O–H groups in total. The summed E-state index contributed by atoms with van der Waals surface area (Å²) in [6, 6.07) is 0. The summed E-state index contributed by atoms with van der Waals surface area (Å²) < 4.78 is 0. The summed E-state index contributed by atoms with van der Waals surface area (Å²) in [6.07, 6.45) is 12.9. The fraction of sp³-hybridized carbons (Fsp3) is 0.833. The highest BCUT2D eigenvalue weighted by Crippen LogP contribution is 2.72. The molecule has 0 bridgehead atoms. The van der Waals surface area contributed by atoms with Crippen LogP contribution in [-0.2, 0) is 9.59 Å². The number of hydrogen-bond donors (Lipinski definition) is 0. The van der Waals surface area contributed by atoms with Gasteiger partial charge in [0.05, 0.1) is 0 Å². The van der Waals surface area contributed by atoms with E-state index in [4.69, 9.17) is 0 Å². The molecule has 26 heavy (non-hydrogen) atoms. The summed E-state index contributed by atoms with van der Waals surface area (Å²) in [5.74, 6) is 3.78. The zero-order valence-electron chi connectivity index (χ0n) is 16.8. The molecule has 0 aromatic heterocycles. The molecule has 0 amide bonds. The quantitative estimate of drug-likeness (QED) is 0.575. The maximum Gasteiger partial charge on any atom is 0.155 e. The molecule has 142 valence electrons. The molecule has 0 aromatic rings. The Labute approximate surface area is 158 Å². The Morgan fingerprint density at radius 3 is 2.46 bits per heavy atom. The van der Waals surface area contributed by atoms with Gasteiger partial charge in [0.2, 0.25) is 0 Å². The second-order valence-electron chi connectivity index (χ2n) is 10.9. The van der Waals surface area contributed by atoms with Gasteiger partial charge >= 0.3 is 0 Å². The van der Waals surface area contributed by atoms with Crippen LogP contribution in [0.3, 0.4) is 0 Å². The number of fused-ring (bicyclic) bond motifs is 6. The molecule has 5 aliphatic carbocycles. The summed E-state index contributed by atoms with van der Waals surface area (Å²) in [7, 11) is 0. The van der Waals surface area contributed by atoms with Crippen LogP contribution in [0.25, 0.3) is 0 Å². The maximum atomic E-state index is 13.0. The van der Waals surface area contributed by atoms with E-state index in [0.717, 1.165) is 56.8 Å². The third kappa shape index (κ3) is 1.89. The van der Waals surface area contributed by atoms with E-state index in [9.17, 15) is 9.59 Å². The molecule has 2 nitrogen and oxygen atoms in total. The number of allylic oxidation sites excluding steroid dienone is 1. The summed E-state index contributed by atoms with van der Waals surface area (Å²) in [6.45, 7) is 7.39. The fourth-order valence-corrected chi connectivity index (χ4v) is 8.84. The van der Waals surface area contributed by atoms with Gasteiger partial charge in [-0.25, -0.2) is 0 Å². The predicted octanol–water partition coefficient (Wildman–Crippen LogP) is 5.50. The van der Waals surface area contributed by atoms with Gasteiger partial charge in [0.25, 0.3) is 0 Å². The third-order valence-electron chi connectivity index (χ3n) is 10.2. The van der Waals surface area contributed by atoms with Gasteiger partial charge in [0, 0.05) is 18.3 Å². The minimum Gasteiger partial charge on any atom is -0.299 e. The van der Waals surface area contributed by atoms with Gasteiger partial charge in [-0.3, -0.25) is 9.59 Å². The largest absolute Gasteiger partial charge is 0.299 e. The normalized spacial score (nSPS) is 53.3. The average molecular weight is 355 g/mol. The number of carbonyl (C=O) groups excluding carboxylic acids is 2. The molecular formula is C24H34O2. The van der Waals surface area contributed by atoms with Gasteiger partial charge in [-0.05, 0) is 91.9 Å². The van der Waals surface area contributed by atoms with Gasteiger partial charge in [0.15, 0.2) is 5.78 Å². The van der Waals surface area contributed by atoms with E-state index in [-0.39, 0.29) is 16.2 Å². The molecule has 0 aromatic carbocycles. The summed E-state index contributed by atoms with van der Waals surface area (Å²) >= 11 is 0. The van der Waals surface area contributed by atoms with Crippen LogP contribution in [0.2, 0.25) is 0 Å². The van der Waals surface area contributed by atoms with Crippen LogP contribution in [0.1, 0.15) is 85.0 Å². The lowest BCUT2D eigenvalue weighted by molar-refractivity contribution is -0.141. The highest BCUT2D eigenvalue weighted by molar-refractivity contribution is 5.91. The highest BCUT2D eigenvalue weighted by atomic mass is 16.1. The first-order chi connectivity index (χ1) is 12.3. The van der Waals surface area contributed by atoms with Crippen LogP contribution in [-0.4, -0.2) is 11.6 Å². The Kier molecular flexibility index (Phi) is 3.52. The van der Waals surface area contributed by atoms with Crippen molar-refractivity contribution in [3.63, 3.8) is 0 Å². The Morgan fingerprint density at radius 2 is 1.73 bits per heavy atom. The molecule has 5 rings (SSSR count). The average Bonchev–Trinajstić information content (AvgIpc) is 3.12. The molecule has 1 spiro atoms. The van der Waals surface area contributed by atoms with Gasteiger partial charge in [-0.2, -0.15) is 0 Å². The molecule has 5 aliphatic rings. The highest BCUT2D eigenvalue weighted by Gasteiger charge is 2.67. The van der Waals surface area contributed by atoms with E-state index in [1.165, 1.54) is 24.8 Å². The minimum atomic E-state index is 0.0158. The van der Waals surface area contributed by atoms with Crippen molar-refractivity contribution in [2.24, 2.45) is 39.9 Å². The lowest BCUT2D eigenvalue weighted by Gasteiger charge is -2.61. The van der Waals surface area contributed by atoms with E-state index < -0.39 is 0 Å². The molecule has 4 saturated carbocycles.